The van der Waals surface area contributed by atoms with Crippen LogP contribution in [0.4, 0.5) is 0 Å². The largest absolute Gasteiger partial charge is 0.300 e. The quantitative estimate of drug-likeness (QED) is 0.701. The molecule has 0 aliphatic rings. The van der Waals surface area contributed by atoms with Crippen LogP contribution in [0.5, 0.6) is 0 Å². The Bertz CT molecular complexity index is 231. The Labute approximate surface area is 76.6 Å². The lowest BCUT2D eigenvalue weighted by Gasteiger charge is -1.95. The van der Waals surface area contributed by atoms with E-state index in [1.807, 2.05) is 12.3 Å². The highest BCUT2D eigenvalue weighted by atomic mass is 32.1. The van der Waals surface area contributed by atoms with E-state index in [0.717, 1.165) is 18.5 Å². The molecule has 1 aromatic heterocycles. The molecule has 0 saturated heterocycles. The van der Waals surface area contributed by atoms with Gasteiger partial charge in [-0.2, -0.15) is 0 Å². The van der Waals surface area contributed by atoms with Crippen molar-refractivity contribution in [3.63, 3.8) is 0 Å². The van der Waals surface area contributed by atoms with E-state index in [1.165, 1.54) is 0 Å². The zero-order valence-corrected chi connectivity index (χ0v) is 8.06. The van der Waals surface area contributed by atoms with Crippen molar-refractivity contribution in [1.29, 1.82) is 0 Å². The average molecular weight is 183 g/mol. The Morgan fingerprint density at radius 3 is 3.00 bits per heavy atom. The number of aryl methyl sites for hydroxylation is 1. The Morgan fingerprint density at radius 1 is 1.58 bits per heavy atom. The summed E-state index contributed by atoms with van der Waals surface area (Å²) in [4.78, 5) is 15.2. The molecular weight excluding hydrogens is 170 g/mol. The number of Topliss-reactive ketones (excluding diaryl/α,β-unsaturated/α-hetero) is 1. The molecule has 0 bridgehead atoms. The first kappa shape index (κ1) is 9.39. The lowest BCUT2D eigenvalue weighted by atomic mass is 10.1. The van der Waals surface area contributed by atoms with Crippen LogP contribution in [0.15, 0.2) is 10.9 Å². The third-order valence-corrected chi connectivity index (χ3v) is 2.31. The first-order chi connectivity index (χ1) is 5.83. The number of rotatable bonds is 5. The van der Waals surface area contributed by atoms with Crippen molar-refractivity contribution in [3.8, 4) is 0 Å². The SMILES string of the molecule is CCCC(=O)CCc1cscn1. The summed E-state index contributed by atoms with van der Waals surface area (Å²) >= 11 is 1.58. The van der Waals surface area contributed by atoms with Gasteiger partial charge in [-0.15, -0.1) is 11.3 Å². The van der Waals surface area contributed by atoms with Gasteiger partial charge in [-0.05, 0) is 12.8 Å². The zero-order valence-electron chi connectivity index (χ0n) is 7.25. The van der Waals surface area contributed by atoms with E-state index in [9.17, 15) is 4.79 Å². The van der Waals surface area contributed by atoms with Crippen LogP contribution >= 0.6 is 11.3 Å². The number of thiazole rings is 1. The molecule has 2 nitrogen and oxygen atoms in total. The van der Waals surface area contributed by atoms with Crippen molar-refractivity contribution in [3.05, 3.63) is 16.6 Å². The number of aromatic nitrogens is 1. The number of nitrogens with zero attached hydrogens (tertiary/aromatic N) is 1. The van der Waals surface area contributed by atoms with Gasteiger partial charge in [-0.1, -0.05) is 6.92 Å². The van der Waals surface area contributed by atoms with E-state index in [-0.39, 0.29) is 0 Å². The molecule has 1 aromatic rings. The highest BCUT2D eigenvalue weighted by Gasteiger charge is 2.01. The molecule has 0 aromatic carbocycles. The Balaban J connectivity index is 2.22. The molecule has 0 amide bonds. The van der Waals surface area contributed by atoms with E-state index >= 15 is 0 Å². The minimum absolute atomic E-state index is 0.352. The maximum atomic E-state index is 11.1. The molecule has 12 heavy (non-hydrogen) atoms. The second kappa shape index (κ2) is 5.04. The van der Waals surface area contributed by atoms with Crippen molar-refractivity contribution >= 4 is 17.1 Å². The third-order valence-electron chi connectivity index (χ3n) is 1.67. The van der Waals surface area contributed by atoms with E-state index < -0.39 is 0 Å². The van der Waals surface area contributed by atoms with Gasteiger partial charge in [0.15, 0.2) is 0 Å². The van der Waals surface area contributed by atoms with Gasteiger partial charge in [-0.3, -0.25) is 4.79 Å². The molecule has 0 spiro atoms. The summed E-state index contributed by atoms with van der Waals surface area (Å²) in [5.74, 6) is 0.352. The summed E-state index contributed by atoms with van der Waals surface area (Å²) < 4.78 is 0. The van der Waals surface area contributed by atoms with Gasteiger partial charge in [0.05, 0.1) is 11.2 Å². The van der Waals surface area contributed by atoms with E-state index in [4.69, 9.17) is 0 Å². The van der Waals surface area contributed by atoms with Crippen LogP contribution in [0.2, 0.25) is 0 Å². The molecule has 0 aliphatic heterocycles. The lowest BCUT2D eigenvalue weighted by molar-refractivity contribution is -0.119. The van der Waals surface area contributed by atoms with Crippen LogP contribution in [0.3, 0.4) is 0 Å². The van der Waals surface area contributed by atoms with Gasteiger partial charge in [0.2, 0.25) is 0 Å². The Hall–Kier alpha value is -0.700. The fraction of sp³-hybridized carbons (Fsp3) is 0.556. The van der Waals surface area contributed by atoms with Gasteiger partial charge >= 0.3 is 0 Å². The average Bonchev–Trinajstić information content (AvgIpc) is 2.53. The molecule has 1 heterocycles. The second-order valence-electron chi connectivity index (χ2n) is 2.77. The van der Waals surface area contributed by atoms with Gasteiger partial charge in [-0.25, -0.2) is 4.98 Å². The Kier molecular flexibility index (Phi) is 3.94. The van der Waals surface area contributed by atoms with Gasteiger partial charge in [0, 0.05) is 18.2 Å². The first-order valence-corrected chi connectivity index (χ1v) is 5.16. The predicted molar refractivity (Wildman–Crippen MR) is 50.4 cm³/mol. The number of carbonyl (C=O) groups excluding carboxylic acids is 1. The van der Waals surface area contributed by atoms with Crippen molar-refractivity contribution in [2.75, 3.05) is 0 Å². The van der Waals surface area contributed by atoms with Crippen LogP contribution in [-0.2, 0) is 11.2 Å². The first-order valence-electron chi connectivity index (χ1n) is 4.21. The summed E-state index contributed by atoms with van der Waals surface area (Å²) in [6.07, 6.45) is 3.12. The van der Waals surface area contributed by atoms with Crippen molar-refractivity contribution in [1.82, 2.24) is 4.98 Å². The summed E-state index contributed by atoms with van der Waals surface area (Å²) in [6.45, 7) is 2.03. The van der Waals surface area contributed by atoms with Crippen LogP contribution in [0.1, 0.15) is 31.9 Å². The molecule has 0 N–H and O–H groups in total. The van der Waals surface area contributed by atoms with E-state index in [0.29, 0.717) is 18.6 Å². The zero-order chi connectivity index (χ0) is 8.81. The fourth-order valence-electron chi connectivity index (χ4n) is 1.03. The second-order valence-corrected chi connectivity index (χ2v) is 3.49. The summed E-state index contributed by atoms with van der Waals surface area (Å²) in [6, 6.07) is 0. The van der Waals surface area contributed by atoms with Gasteiger partial charge in [0.25, 0.3) is 0 Å². The monoisotopic (exact) mass is 183 g/mol. The normalized spacial score (nSPS) is 10.1. The Morgan fingerprint density at radius 2 is 2.42 bits per heavy atom. The number of hydrogen-bond donors (Lipinski definition) is 0. The minimum atomic E-state index is 0.352. The number of hydrogen-bond acceptors (Lipinski definition) is 3. The number of carbonyl (C=O) groups is 1. The molecule has 0 atom stereocenters. The molecular formula is C9H13NOS. The third kappa shape index (κ3) is 3.13. The predicted octanol–water partition coefficient (Wildman–Crippen LogP) is 2.44. The van der Waals surface area contributed by atoms with Gasteiger partial charge in [0.1, 0.15) is 5.78 Å². The molecule has 1 rings (SSSR count). The lowest BCUT2D eigenvalue weighted by Crippen LogP contribution is -1.99. The highest BCUT2D eigenvalue weighted by Crippen LogP contribution is 2.05. The topological polar surface area (TPSA) is 30.0 Å². The van der Waals surface area contributed by atoms with Crippen LogP contribution in [-0.4, -0.2) is 10.8 Å². The molecule has 66 valence electrons. The molecule has 0 saturated carbocycles. The summed E-state index contributed by atoms with van der Waals surface area (Å²) in [5.41, 5.74) is 2.85. The van der Waals surface area contributed by atoms with Crippen LogP contribution in [0, 0.1) is 0 Å². The van der Waals surface area contributed by atoms with Gasteiger partial charge < -0.3 is 0 Å². The van der Waals surface area contributed by atoms with Crippen molar-refractivity contribution in [2.45, 2.75) is 32.6 Å². The van der Waals surface area contributed by atoms with Crippen molar-refractivity contribution < 1.29 is 4.79 Å². The summed E-state index contributed by atoms with van der Waals surface area (Å²) in [7, 11) is 0. The molecule has 0 radical (unpaired) electrons. The highest BCUT2D eigenvalue weighted by molar-refractivity contribution is 7.07. The molecule has 0 unspecified atom stereocenters. The molecule has 0 aliphatic carbocycles. The van der Waals surface area contributed by atoms with Crippen molar-refractivity contribution in [2.24, 2.45) is 0 Å². The smallest absolute Gasteiger partial charge is 0.133 e. The van der Waals surface area contributed by atoms with Crippen LogP contribution < -0.4 is 0 Å². The van der Waals surface area contributed by atoms with E-state index in [1.54, 1.807) is 16.8 Å². The van der Waals surface area contributed by atoms with Crippen LogP contribution in [0.25, 0.3) is 0 Å². The maximum Gasteiger partial charge on any atom is 0.133 e. The summed E-state index contributed by atoms with van der Waals surface area (Å²) in [5, 5.41) is 2.00. The number of ketones is 1. The fourth-order valence-corrected chi connectivity index (χ4v) is 1.63. The maximum absolute atomic E-state index is 11.1. The molecule has 3 heteroatoms. The minimum Gasteiger partial charge on any atom is -0.300 e. The molecule has 0 fully saturated rings. The van der Waals surface area contributed by atoms with E-state index in [2.05, 4.69) is 4.98 Å². The standard InChI is InChI=1S/C9H13NOS/c1-2-3-9(11)5-4-8-6-12-7-10-8/h6-7H,2-5H2,1H3.